The fourth-order valence-electron chi connectivity index (χ4n) is 1.85. The van der Waals surface area contributed by atoms with Gasteiger partial charge in [-0.2, -0.15) is 0 Å². The highest BCUT2D eigenvalue weighted by Crippen LogP contribution is 2.25. The Labute approximate surface area is 105 Å². The molecule has 0 spiro atoms. The fraction of sp³-hybridized carbons (Fsp3) is 0.467. The van der Waals surface area contributed by atoms with Crippen molar-refractivity contribution < 1.29 is 0 Å². The topological polar surface area (TPSA) is 29.3 Å². The molecule has 0 saturated carbocycles. The van der Waals surface area contributed by atoms with Gasteiger partial charge in [-0.05, 0) is 45.4 Å². The minimum absolute atomic E-state index is 0.0873. The lowest BCUT2D eigenvalue weighted by molar-refractivity contribution is 0.522. The Morgan fingerprint density at radius 2 is 1.82 bits per heavy atom. The van der Waals surface area contributed by atoms with Crippen LogP contribution in [0.4, 0.5) is 5.69 Å². The van der Waals surface area contributed by atoms with Crippen molar-refractivity contribution in [1.29, 1.82) is 0 Å². The molecule has 2 N–H and O–H groups in total. The van der Waals surface area contributed by atoms with Crippen LogP contribution in [0.1, 0.15) is 39.3 Å². The Balaban J connectivity index is 2.99. The first kappa shape index (κ1) is 13.8. The van der Waals surface area contributed by atoms with Crippen LogP contribution in [0.25, 0.3) is 0 Å². The summed E-state index contributed by atoms with van der Waals surface area (Å²) in [6, 6.07) is 8.55. The van der Waals surface area contributed by atoms with Crippen molar-refractivity contribution in [3.8, 4) is 0 Å². The van der Waals surface area contributed by atoms with Gasteiger partial charge in [-0.25, -0.2) is 0 Å². The van der Waals surface area contributed by atoms with Gasteiger partial charge in [0.25, 0.3) is 0 Å². The lowest BCUT2D eigenvalue weighted by Gasteiger charge is -2.37. The van der Waals surface area contributed by atoms with Gasteiger partial charge < -0.3 is 10.6 Å². The first-order valence-electron chi connectivity index (χ1n) is 6.10. The van der Waals surface area contributed by atoms with E-state index in [9.17, 15) is 0 Å². The second-order valence-corrected chi connectivity index (χ2v) is 5.45. The van der Waals surface area contributed by atoms with Crippen LogP contribution in [-0.2, 0) is 0 Å². The molecular weight excluding hydrogens is 208 g/mol. The maximum Gasteiger partial charge on any atom is 0.0373 e. The molecule has 0 radical (unpaired) electrons. The molecular formula is C15H24N2. The van der Waals surface area contributed by atoms with Gasteiger partial charge in [0.15, 0.2) is 0 Å². The molecule has 1 rings (SSSR count). The lowest BCUT2D eigenvalue weighted by atomic mass is 10.0. The van der Waals surface area contributed by atoms with Crippen molar-refractivity contribution in [2.75, 3.05) is 11.4 Å². The Hall–Kier alpha value is -1.28. The average molecular weight is 232 g/mol. The molecule has 1 atom stereocenters. The van der Waals surface area contributed by atoms with E-state index >= 15 is 0 Å². The first-order valence-corrected chi connectivity index (χ1v) is 6.10. The summed E-state index contributed by atoms with van der Waals surface area (Å²) in [5.74, 6) is 0. The Bertz CT molecular complexity index is 358. The molecule has 0 heterocycles. The molecule has 17 heavy (non-hydrogen) atoms. The van der Waals surface area contributed by atoms with Crippen molar-refractivity contribution in [2.24, 2.45) is 5.73 Å². The van der Waals surface area contributed by atoms with E-state index in [0.29, 0.717) is 0 Å². The molecule has 0 aliphatic heterocycles. The summed E-state index contributed by atoms with van der Waals surface area (Å²) in [7, 11) is 0. The van der Waals surface area contributed by atoms with Crippen LogP contribution in [0.3, 0.4) is 0 Å². The smallest absolute Gasteiger partial charge is 0.0373 e. The van der Waals surface area contributed by atoms with E-state index in [1.54, 1.807) is 0 Å². The van der Waals surface area contributed by atoms with Crippen LogP contribution in [0.5, 0.6) is 0 Å². The SMILES string of the molecule is C=CCN(c1ccc(C(C)N)cc1)C(C)(C)C. The van der Waals surface area contributed by atoms with Crippen LogP contribution >= 0.6 is 0 Å². The minimum atomic E-state index is 0.0873. The number of benzene rings is 1. The van der Waals surface area contributed by atoms with E-state index < -0.39 is 0 Å². The molecule has 2 nitrogen and oxygen atoms in total. The average Bonchev–Trinajstić information content (AvgIpc) is 2.24. The Kier molecular flexibility index (Phi) is 4.35. The maximum atomic E-state index is 5.85. The molecule has 0 aliphatic rings. The molecule has 1 unspecified atom stereocenters. The molecule has 0 fully saturated rings. The second kappa shape index (κ2) is 5.37. The molecule has 2 heteroatoms. The van der Waals surface area contributed by atoms with Gasteiger partial charge in [0.05, 0.1) is 0 Å². The van der Waals surface area contributed by atoms with E-state index in [1.165, 1.54) is 11.3 Å². The third-order valence-electron chi connectivity index (χ3n) is 2.85. The normalized spacial score (nSPS) is 13.2. The lowest BCUT2D eigenvalue weighted by Crippen LogP contribution is -2.41. The van der Waals surface area contributed by atoms with Gasteiger partial charge in [-0.15, -0.1) is 6.58 Å². The van der Waals surface area contributed by atoms with Crippen molar-refractivity contribution >= 4 is 5.69 Å². The van der Waals surface area contributed by atoms with Crippen LogP contribution in [0.2, 0.25) is 0 Å². The molecule has 0 aromatic heterocycles. The highest BCUT2D eigenvalue weighted by atomic mass is 15.2. The summed E-state index contributed by atoms with van der Waals surface area (Å²) in [5.41, 5.74) is 8.32. The van der Waals surface area contributed by atoms with Crippen molar-refractivity contribution in [3.63, 3.8) is 0 Å². The van der Waals surface area contributed by atoms with E-state index in [0.717, 1.165) is 6.54 Å². The number of hydrogen-bond donors (Lipinski definition) is 1. The molecule has 0 saturated heterocycles. The van der Waals surface area contributed by atoms with Gasteiger partial charge in [0.1, 0.15) is 0 Å². The quantitative estimate of drug-likeness (QED) is 0.805. The zero-order valence-corrected chi connectivity index (χ0v) is 11.4. The first-order chi connectivity index (χ1) is 7.86. The minimum Gasteiger partial charge on any atom is -0.363 e. The molecule has 0 aliphatic carbocycles. The molecule has 1 aromatic carbocycles. The number of rotatable bonds is 4. The van der Waals surface area contributed by atoms with Gasteiger partial charge >= 0.3 is 0 Å². The monoisotopic (exact) mass is 232 g/mol. The highest BCUT2D eigenvalue weighted by Gasteiger charge is 2.20. The summed E-state index contributed by atoms with van der Waals surface area (Å²) in [4.78, 5) is 2.32. The summed E-state index contributed by atoms with van der Waals surface area (Å²) >= 11 is 0. The van der Waals surface area contributed by atoms with E-state index in [-0.39, 0.29) is 11.6 Å². The highest BCUT2D eigenvalue weighted by molar-refractivity contribution is 5.50. The van der Waals surface area contributed by atoms with Crippen LogP contribution in [-0.4, -0.2) is 12.1 Å². The van der Waals surface area contributed by atoms with Crippen molar-refractivity contribution in [3.05, 3.63) is 42.5 Å². The molecule has 1 aromatic rings. The standard InChI is InChI=1S/C15H24N2/c1-6-11-17(15(3,4)5)14-9-7-13(8-10-14)12(2)16/h6-10,12H,1,11,16H2,2-5H3. The predicted octanol–water partition coefficient (Wildman–Crippen LogP) is 3.50. The van der Waals surface area contributed by atoms with Crippen LogP contribution in [0, 0.1) is 0 Å². The largest absolute Gasteiger partial charge is 0.363 e. The Morgan fingerprint density at radius 1 is 1.29 bits per heavy atom. The fourth-order valence-corrected chi connectivity index (χ4v) is 1.85. The van der Waals surface area contributed by atoms with E-state index in [4.69, 9.17) is 5.73 Å². The predicted molar refractivity (Wildman–Crippen MR) is 76.3 cm³/mol. The zero-order chi connectivity index (χ0) is 13.1. The van der Waals surface area contributed by atoms with Gasteiger partial charge in [0.2, 0.25) is 0 Å². The number of hydrogen-bond acceptors (Lipinski definition) is 2. The van der Waals surface area contributed by atoms with Crippen LogP contribution in [0.15, 0.2) is 36.9 Å². The summed E-state index contributed by atoms with van der Waals surface area (Å²) in [5, 5.41) is 0. The second-order valence-electron chi connectivity index (χ2n) is 5.45. The number of anilines is 1. The third-order valence-corrected chi connectivity index (χ3v) is 2.85. The summed E-state index contributed by atoms with van der Waals surface area (Å²) in [6.07, 6.45) is 1.94. The number of nitrogens with two attached hydrogens (primary N) is 1. The third kappa shape index (κ3) is 3.60. The van der Waals surface area contributed by atoms with Crippen molar-refractivity contribution in [2.45, 2.75) is 39.3 Å². The zero-order valence-electron chi connectivity index (χ0n) is 11.4. The van der Waals surface area contributed by atoms with Crippen LogP contribution < -0.4 is 10.6 Å². The summed E-state index contributed by atoms with van der Waals surface area (Å²) in [6.45, 7) is 13.3. The molecule has 0 amide bonds. The summed E-state index contributed by atoms with van der Waals surface area (Å²) < 4.78 is 0. The molecule has 94 valence electrons. The van der Waals surface area contributed by atoms with E-state index in [2.05, 4.69) is 56.5 Å². The van der Waals surface area contributed by atoms with Crippen molar-refractivity contribution in [1.82, 2.24) is 0 Å². The maximum absolute atomic E-state index is 5.85. The number of nitrogens with zero attached hydrogens (tertiary/aromatic N) is 1. The molecule has 0 bridgehead atoms. The van der Waals surface area contributed by atoms with Gasteiger partial charge in [-0.3, -0.25) is 0 Å². The van der Waals surface area contributed by atoms with E-state index in [1.807, 2.05) is 13.0 Å². The van der Waals surface area contributed by atoms with Gasteiger partial charge in [-0.1, -0.05) is 18.2 Å². The Morgan fingerprint density at radius 3 is 2.18 bits per heavy atom. The van der Waals surface area contributed by atoms with Gasteiger partial charge in [0, 0.05) is 23.8 Å².